The van der Waals surface area contributed by atoms with Crippen LogP contribution in [0.4, 0.5) is 0 Å². The second-order valence-electron chi connectivity index (χ2n) is 9.12. The van der Waals surface area contributed by atoms with Gasteiger partial charge in [-0.15, -0.1) is 0 Å². The maximum absolute atomic E-state index is 10.0. The van der Waals surface area contributed by atoms with Crippen LogP contribution in [0.2, 0.25) is 0 Å². The summed E-state index contributed by atoms with van der Waals surface area (Å²) in [5.41, 5.74) is 5.16. The van der Waals surface area contributed by atoms with E-state index in [2.05, 4.69) is 26.0 Å². The molecule has 0 spiro atoms. The van der Waals surface area contributed by atoms with Gasteiger partial charge in [0.1, 0.15) is 11.5 Å². The molecule has 0 bridgehead atoms. The molecule has 2 aromatic rings. The maximum Gasteiger partial charge on any atom is 0.115 e. The molecule has 2 aromatic carbocycles. The van der Waals surface area contributed by atoms with Gasteiger partial charge in [-0.1, -0.05) is 90.2 Å². The minimum Gasteiger partial charge on any atom is -0.508 e. The Morgan fingerprint density at radius 3 is 1.29 bits per heavy atom. The summed E-state index contributed by atoms with van der Waals surface area (Å²) in [5.74, 6) is 0.727. The number of phenolic OH excluding ortho intramolecular Hbond substituents is 2. The molecular formula is C29H44O2. The van der Waals surface area contributed by atoms with E-state index in [1.807, 2.05) is 24.3 Å². The Labute approximate surface area is 190 Å². The third kappa shape index (κ3) is 9.80. The van der Waals surface area contributed by atoms with E-state index >= 15 is 0 Å². The minimum atomic E-state index is 0.364. The van der Waals surface area contributed by atoms with Crippen molar-refractivity contribution in [3.8, 4) is 11.5 Å². The number of hydrogen-bond donors (Lipinski definition) is 2. The van der Waals surface area contributed by atoms with E-state index < -0.39 is 0 Å². The number of rotatable bonds is 16. The molecule has 0 aliphatic heterocycles. The summed E-state index contributed by atoms with van der Waals surface area (Å²) in [6, 6.07) is 11.7. The van der Waals surface area contributed by atoms with Crippen molar-refractivity contribution in [1.29, 1.82) is 0 Å². The summed E-state index contributed by atoms with van der Waals surface area (Å²) in [4.78, 5) is 0. The van der Waals surface area contributed by atoms with Crippen LogP contribution in [0.1, 0.15) is 113 Å². The van der Waals surface area contributed by atoms with Crippen molar-refractivity contribution < 1.29 is 10.2 Å². The van der Waals surface area contributed by atoms with E-state index in [9.17, 15) is 10.2 Å². The molecule has 0 heterocycles. The Morgan fingerprint density at radius 2 is 0.871 bits per heavy atom. The highest BCUT2D eigenvalue weighted by Gasteiger charge is 2.10. The Balaban J connectivity index is 1.99. The third-order valence-electron chi connectivity index (χ3n) is 6.36. The zero-order valence-electron chi connectivity index (χ0n) is 20.0. The molecule has 31 heavy (non-hydrogen) atoms. The predicted molar refractivity (Wildman–Crippen MR) is 133 cm³/mol. The van der Waals surface area contributed by atoms with E-state index in [4.69, 9.17) is 0 Å². The molecule has 0 fully saturated rings. The fourth-order valence-electron chi connectivity index (χ4n) is 4.43. The van der Waals surface area contributed by atoms with Gasteiger partial charge < -0.3 is 10.2 Å². The van der Waals surface area contributed by atoms with Crippen molar-refractivity contribution in [3.05, 3.63) is 58.7 Å². The summed E-state index contributed by atoms with van der Waals surface area (Å²) in [7, 11) is 0. The van der Waals surface area contributed by atoms with Crippen LogP contribution in [0.3, 0.4) is 0 Å². The SMILES string of the molecule is CCCCCCCCc1cc(O)ccc1Cc1ccc(O)cc1CCCCCCCC. The first kappa shape index (κ1) is 25.3. The molecule has 0 amide bonds. The standard InChI is InChI=1S/C29H44O2/c1-3-5-7-9-11-13-15-24-22-28(30)19-17-26(24)21-27-18-20-29(31)23-25(27)16-14-12-10-8-6-4-2/h17-20,22-23,30-31H,3-16,21H2,1-2H3. The zero-order valence-corrected chi connectivity index (χ0v) is 20.0. The van der Waals surface area contributed by atoms with Crippen LogP contribution in [0, 0.1) is 0 Å². The normalized spacial score (nSPS) is 11.2. The highest BCUT2D eigenvalue weighted by Crippen LogP contribution is 2.26. The first-order chi connectivity index (χ1) is 15.1. The number of benzene rings is 2. The van der Waals surface area contributed by atoms with Gasteiger partial charge in [-0.05, 0) is 78.6 Å². The van der Waals surface area contributed by atoms with Crippen molar-refractivity contribution in [2.45, 2.75) is 110 Å². The van der Waals surface area contributed by atoms with Crippen molar-refractivity contribution >= 4 is 0 Å². The van der Waals surface area contributed by atoms with Crippen LogP contribution < -0.4 is 0 Å². The van der Waals surface area contributed by atoms with E-state index in [1.54, 1.807) is 0 Å². The lowest BCUT2D eigenvalue weighted by atomic mass is 9.91. The van der Waals surface area contributed by atoms with Crippen molar-refractivity contribution in [2.24, 2.45) is 0 Å². The first-order valence-corrected chi connectivity index (χ1v) is 12.8. The van der Waals surface area contributed by atoms with E-state index in [1.165, 1.54) is 99.3 Å². The number of aryl methyl sites for hydroxylation is 2. The van der Waals surface area contributed by atoms with Gasteiger partial charge in [0.25, 0.3) is 0 Å². The summed E-state index contributed by atoms with van der Waals surface area (Å²) in [5, 5.41) is 20.1. The molecule has 0 aliphatic rings. The van der Waals surface area contributed by atoms with Gasteiger partial charge in [-0.2, -0.15) is 0 Å². The summed E-state index contributed by atoms with van der Waals surface area (Å²) < 4.78 is 0. The lowest BCUT2D eigenvalue weighted by Gasteiger charge is -2.14. The summed E-state index contributed by atoms with van der Waals surface area (Å²) >= 11 is 0. The van der Waals surface area contributed by atoms with Crippen LogP contribution in [0.15, 0.2) is 36.4 Å². The van der Waals surface area contributed by atoms with Gasteiger partial charge in [-0.3, -0.25) is 0 Å². The molecule has 0 radical (unpaired) electrons. The number of hydrogen-bond acceptors (Lipinski definition) is 2. The van der Waals surface area contributed by atoms with Gasteiger partial charge in [0.05, 0.1) is 0 Å². The largest absolute Gasteiger partial charge is 0.508 e. The molecule has 172 valence electrons. The Bertz CT molecular complexity index is 687. The maximum atomic E-state index is 10.0. The van der Waals surface area contributed by atoms with Gasteiger partial charge in [0.15, 0.2) is 0 Å². The highest BCUT2D eigenvalue weighted by molar-refractivity contribution is 5.42. The minimum absolute atomic E-state index is 0.364. The van der Waals surface area contributed by atoms with Gasteiger partial charge in [-0.25, -0.2) is 0 Å². The topological polar surface area (TPSA) is 40.5 Å². The lowest BCUT2D eigenvalue weighted by molar-refractivity contribution is 0.474. The van der Waals surface area contributed by atoms with E-state index in [-0.39, 0.29) is 0 Å². The second-order valence-corrected chi connectivity index (χ2v) is 9.12. The quantitative estimate of drug-likeness (QED) is 0.265. The van der Waals surface area contributed by atoms with Crippen molar-refractivity contribution in [1.82, 2.24) is 0 Å². The average Bonchev–Trinajstić information content (AvgIpc) is 2.76. The van der Waals surface area contributed by atoms with E-state index in [0.29, 0.717) is 11.5 Å². The van der Waals surface area contributed by atoms with E-state index in [0.717, 1.165) is 19.3 Å². The van der Waals surface area contributed by atoms with Crippen LogP contribution in [-0.4, -0.2) is 10.2 Å². The molecule has 2 rings (SSSR count). The molecule has 0 saturated heterocycles. The molecule has 2 N–H and O–H groups in total. The zero-order chi connectivity index (χ0) is 22.3. The predicted octanol–water partition coefficient (Wildman–Crippen LogP) is 8.49. The average molecular weight is 425 g/mol. The Morgan fingerprint density at radius 1 is 0.484 bits per heavy atom. The lowest BCUT2D eigenvalue weighted by Crippen LogP contribution is -2.00. The molecule has 2 heteroatoms. The molecule has 0 saturated carbocycles. The third-order valence-corrected chi connectivity index (χ3v) is 6.36. The molecule has 0 atom stereocenters. The smallest absolute Gasteiger partial charge is 0.115 e. The molecule has 0 unspecified atom stereocenters. The molecular weight excluding hydrogens is 380 g/mol. The monoisotopic (exact) mass is 424 g/mol. The molecule has 0 aromatic heterocycles. The number of unbranched alkanes of at least 4 members (excludes halogenated alkanes) is 10. The van der Waals surface area contributed by atoms with Gasteiger partial charge in [0.2, 0.25) is 0 Å². The van der Waals surface area contributed by atoms with Crippen LogP contribution in [-0.2, 0) is 19.3 Å². The van der Waals surface area contributed by atoms with Crippen LogP contribution >= 0.6 is 0 Å². The van der Waals surface area contributed by atoms with Gasteiger partial charge >= 0.3 is 0 Å². The molecule has 2 nitrogen and oxygen atoms in total. The number of aromatic hydroxyl groups is 2. The van der Waals surface area contributed by atoms with Crippen LogP contribution in [0.25, 0.3) is 0 Å². The Hall–Kier alpha value is -1.96. The van der Waals surface area contributed by atoms with Crippen molar-refractivity contribution in [3.63, 3.8) is 0 Å². The number of phenols is 2. The fourth-order valence-corrected chi connectivity index (χ4v) is 4.43. The second kappa shape index (κ2) is 14.9. The van der Waals surface area contributed by atoms with Gasteiger partial charge in [0, 0.05) is 0 Å². The summed E-state index contributed by atoms with van der Waals surface area (Å²) in [6.45, 7) is 4.51. The fraction of sp³-hybridized carbons (Fsp3) is 0.586. The summed E-state index contributed by atoms with van der Waals surface area (Å²) in [6.07, 6.45) is 18.3. The first-order valence-electron chi connectivity index (χ1n) is 12.8. The van der Waals surface area contributed by atoms with Crippen molar-refractivity contribution in [2.75, 3.05) is 0 Å². The molecule has 0 aliphatic carbocycles. The Kier molecular flexibility index (Phi) is 12.2. The highest BCUT2D eigenvalue weighted by atomic mass is 16.3. The van der Waals surface area contributed by atoms with Crippen LogP contribution in [0.5, 0.6) is 11.5 Å².